The summed E-state index contributed by atoms with van der Waals surface area (Å²) in [5.41, 5.74) is 0.229. The molecule has 4 heteroatoms. The van der Waals surface area contributed by atoms with Gasteiger partial charge in [0.25, 0.3) is 0 Å². The first kappa shape index (κ1) is 6.77. The fraction of sp³-hybridized carbons (Fsp3) is 0. The lowest BCUT2D eigenvalue weighted by molar-refractivity contribution is -0.255. The Bertz CT molecular complexity index is 231. The van der Waals surface area contributed by atoms with Gasteiger partial charge in [-0.05, 0) is 22.0 Å². The highest BCUT2D eigenvalue weighted by Gasteiger charge is 1.95. The molecule has 1 aromatic rings. The van der Waals surface area contributed by atoms with Crippen molar-refractivity contribution >= 4 is 33.2 Å². The zero-order chi connectivity index (χ0) is 6.85. The van der Waals surface area contributed by atoms with Crippen LogP contribution in [0.15, 0.2) is 15.2 Å². The normalized spacial score (nSPS) is 9.44. The van der Waals surface area contributed by atoms with Gasteiger partial charge in [-0.1, -0.05) is 0 Å². The molecule has 0 spiro atoms. The number of halogens is 1. The zero-order valence-corrected chi connectivity index (χ0v) is 6.66. The Morgan fingerprint density at radius 2 is 2.44 bits per heavy atom. The molecule has 0 saturated carbocycles. The highest BCUT2D eigenvalue weighted by Crippen LogP contribution is 2.19. The Morgan fingerprint density at radius 3 is 2.67 bits per heavy atom. The summed E-state index contributed by atoms with van der Waals surface area (Å²) >= 11 is 4.46. The van der Waals surface area contributed by atoms with Gasteiger partial charge in [-0.15, -0.1) is 11.3 Å². The number of carboxylic acids is 1. The van der Waals surface area contributed by atoms with Crippen LogP contribution in [0.3, 0.4) is 0 Å². The molecule has 0 aliphatic heterocycles. The Balaban J connectivity index is 2.98. The van der Waals surface area contributed by atoms with E-state index >= 15 is 0 Å². The molecule has 9 heavy (non-hydrogen) atoms. The number of carboxylic acid groups (broad SMARTS) is 1. The van der Waals surface area contributed by atoms with Gasteiger partial charge in [0.1, 0.15) is 0 Å². The largest absolute Gasteiger partial charge is 0.545 e. The predicted octanol–water partition coefficient (Wildman–Crippen LogP) is 0.874. The molecule has 0 aromatic carbocycles. The molecule has 48 valence electrons. The highest BCUT2D eigenvalue weighted by molar-refractivity contribution is 9.11. The van der Waals surface area contributed by atoms with Gasteiger partial charge < -0.3 is 9.90 Å². The second-order valence-electron chi connectivity index (χ2n) is 1.43. The summed E-state index contributed by atoms with van der Waals surface area (Å²) in [5.74, 6) is -1.13. The topological polar surface area (TPSA) is 40.1 Å². The molecule has 0 bridgehead atoms. The van der Waals surface area contributed by atoms with E-state index in [9.17, 15) is 9.90 Å². The maximum atomic E-state index is 10.1. The molecule has 0 aliphatic rings. The first-order valence-electron chi connectivity index (χ1n) is 2.15. The van der Waals surface area contributed by atoms with Gasteiger partial charge in [0, 0.05) is 10.9 Å². The van der Waals surface area contributed by atoms with E-state index in [0.717, 1.165) is 3.79 Å². The standard InChI is InChI=1S/C5H3BrO2S/c6-4-1-3(2-9-4)5(7)8/h1-2H,(H,7,8)/p-1. The molecule has 2 nitrogen and oxygen atoms in total. The molecule has 0 saturated heterocycles. The van der Waals surface area contributed by atoms with E-state index in [0.29, 0.717) is 0 Å². The van der Waals surface area contributed by atoms with Crippen LogP contribution in [0.4, 0.5) is 0 Å². The molecule has 0 amide bonds. The Morgan fingerprint density at radius 1 is 1.78 bits per heavy atom. The molecule has 0 aliphatic carbocycles. The number of aromatic carboxylic acids is 1. The van der Waals surface area contributed by atoms with Crippen molar-refractivity contribution in [3.05, 3.63) is 20.8 Å². The Kier molecular flexibility index (Phi) is 1.87. The van der Waals surface area contributed by atoms with Crippen LogP contribution in [0, 0.1) is 0 Å². The monoisotopic (exact) mass is 205 g/mol. The SMILES string of the molecule is O=C([O-])c1csc(Br)c1. The van der Waals surface area contributed by atoms with Gasteiger partial charge in [0.2, 0.25) is 0 Å². The quantitative estimate of drug-likeness (QED) is 0.684. The van der Waals surface area contributed by atoms with E-state index in [-0.39, 0.29) is 5.56 Å². The lowest BCUT2D eigenvalue weighted by Gasteiger charge is -1.92. The average Bonchev–Trinajstić information content (AvgIpc) is 2.14. The van der Waals surface area contributed by atoms with E-state index in [4.69, 9.17) is 0 Å². The first-order chi connectivity index (χ1) is 4.20. The van der Waals surface area contributed by atoms with Crippen molar-refractivity contribution in [3.63, 3.8) is 0 Å². The fourth-order valence-corrected chi connectivity index (χ4v) is 1.54. The summed E-state index contributed by atoms with van der Waals surface area (Å²) in [5, 5.41) is 11.6. The Hall–Kier alpha value is -0.350. The lowest BCUT2D eigenvalue weighted by Crippen LogP contribution is -2.21. The number of hydrogen-bond donors (Lipinski definition) is 0. The second-order valence-corrected chi connectivity index (χ2v) is 3.72. The molecular formula is C5H2BrO2S-. The van der Waals surface area contributed by atoms with Gasteiger partial charge in [0.05, 0.1) is 9.76 Å². The van der Waals surface area contributed by atoms with E-state index in [2.05, 4.69) is 15.9 Å². The third-order valence-electron chi connectivity index (χ3n) is 0.803. The second kappa shape index (κ2) is 2.49. The van der Waals surface area contributed by atoms with Crippen LogP contribution in [-0.4, -0.2) is 5.97 Å². The summed E-state index contributed by atoms with van der Waals surface area (Å²) in [4.78, 5) is 10.1. The van der Waals surface area contributed by atoms with Gasteiger partial charge in [0.15, 0.2) is 0 Å². The van der Waals surface area contributed by atoms with Crippen LogP contribution < -0.4 is 5.11 Å². The molecule has 1 rings (SSSR count). The van der Waals surface area contributed by atoms with Crippen molar-refractivity contribution < 1.29 is 9.90 Å². The van der Waals surface area contributed by atoms with Crippen LogP contribution >= 0.6 is 27.3 Å². The number of hydrogen-bond acceptors (Lipinski definition) is 3. The average molecular weight is 206 g/mol. The van der Waals surface area contributed by atoms with Crippen LogP contribution in [-0.2, 0) is 0 Å². The van der Waals surface area contributed by atoms with Crippen molar-refractivity contribution in [3.8, 4) is 0 Å². The minimum Gasteiger partial charge on any atom is -0.545 e. The van der Waals surface area contributed by atoms with Crippen LogP contribution in [0.5, 0.6) is 0 Å². The molecular weight excluding hydrogens is 204 g/mol. The third kappa shape index (κ3) is 1.53. The number of thiophene rings is 1. The summed E-state index contributed by atoms with van der Waals surface area (Å²) in [6, 6.07) is 1.51. The Labute approximate surface area is 64.3 Å². The van der Waals surface area contributed by atoms with E-state index in [1.54, 1.807) is 0 Å². The van der Waals surface area contributed by atoms with Crippen molar-refractivity contribution in [2.75, 3.05) is 0 Å². The van der Waals surface area contributed by atoms with Crippen LogP contribution in [0.25, 0.3) is 0 Å². The third-order valence-corrected chi connectivity index (χ3v) is 2.31. The maximum Gasteiger partial charge on any atom is 0.0724 e. The summed E-state index contributed by atoms with van der Waals surface area (Å²) in [6.45, 7) is 0. The molecule has 0 N–H and O–H groups in total. The molecule has 1 heterocycles. The molecule has 0 radical (unpaired) electrons. The maximum absolute atomic E-state index is 10.1. The van der Waals surface area contributed by atoms with Crippen molar-refractivity contribution in [2.45, 2.75) is 0 Å². The summed E-state index contributed by atoms with van der Waals surface area (Å²) in [7, 11) is 0. The van der Waals surface area contributed by atoms with Gasteiger partial charge in [-0.3, -0.25) is 0 Å². The predicted molar refractivity (Wildman–Crippen MR) is 36.3 cm³/mol. The molecule has 0 atom stereocenters. The van der Waals surface area contributed by atoms with Gasteiger partial charge in [-0.2, -0.15) is 0 Å². The summed E-state index contributed by atoms with van der Waals surface area (Å²) < 4.78 is 0.807. The number of rotatable bonds is 1. The number of carbonyl (C=O) groups excluding carboxylic acids is 1. The molecule has 0 unspecified atom stereocenters. The minimum atomic E-state index is -1.13. The lowest BCUT2D eigenvalue weighted by atomic mass is 10.4. The van der Waals surface area contributed by atoms with Gasteiger partial charge >= 0.3 is 0 Å². The van der Waals surface area contributed by atoms with Crippen LogP contribution in [0.1, 0.15) is 10.4 Å². The highest BCUT2D eigenvalue weighted by atomic mass is 79.9. The number of carbonyl (C=O) groups is 1. The van der Waals surface area contributed by atoms with Gasteiger partial charge in [-0.25, -0.2) is 0 Å². The van der Waals surface area contributed by atoms with E-state index in [1.165, 1.54) is 22.8 Å². The fourth-order valence-electron chi connectivity index (χ4n) is 0.417. The van der Waals surface area contributed by atoms with Crippen LogP contribution in [0.2, 0.25) is 0 Å². The van der Waals surface area contributed by atoms with Crippen molar-refractivity contribution in [2.24, 2.45) is 0 Å². The zero-order valence-electron chi connectivity index (χ0n) is 4.26. The molecule has 0 fully saturated rings. The smallest absolute Gasteiger partial charge is 0.0724 e. The van der Waals surface area contributed by atoms with E-state index in [1.807, 2.05) is 0 Å². The van der Waals surface area contributed by atoms with Crippen molar-refractivity contribution in [1.29, 1.82) is 0 Å². The summed E-state index contributed by atoms with van der Waals surface area (Å²) in [6.07, 6.45) is 0. The van der Waals surface area contributed by atoms with E-state index < -0.39 is 5.97 Å². The minimum absolute atomic E-state index is 0.229. The van der Waals surface area contributed by atoms with Crippen molar-refractivity contribution in [1.82, 2.24) is 0 Å². The first-order valence-corrected chi connectivity index (χ1v) is 3.83. The molecule has 1 aromatic heterocycles.